The van der Waals surface area contributed by atoms with E-state index in [1.807, 2.05) is 12.4 Å². The Labute approximate surface area is 97.3 Å². The molecule has 0 saturated carbocycles. The van der Waals surface area contributed by atoms with Crippen LogP contribution in [0.3, 0.4) is 0 Å². The first-order chi connectivity index (χ1) is 7.53. The van der Waals surface area contributed by atoms with Crippen molar-refractivity contribution in [1.29, 1.82) is 0 Å². The molecule has 0 aliphatic rings. The number of rotatable bonds is 6. The predicted molar refractivity (Wildman–Crippen MR) is 67.4 cm³/mol. The third-order valence-corrected chi connectivity index (χ3v) is 2.93. The zero-order valence-electron chi connectivity index (χ0n) is 10.3. The molecule has 0 unspecified atom stereocenters. The summed E-state index contributed by atoms with van der Waals surface area (Å²) in [7, 11) is 0. The van der Waals surface area contributed by atoms with Crippen LogP contribution in [0.25, 0.3) is 0 Å². The van der Waals surface area contributed by atoms with E-state index in [4.69, 9.17) is 5.73 Å². The lowest BCUT2D eigenvalue weighted by Crippen LogP contribution is -2.23. The van der Waals surface area contributed by atoms with Crippen molar-refractivity contribution in [1.82, 2.24) is 4.57 Å². The molecule has 1 heterocycles. The molecule has 90 valence electrons. The molecule has 0 bridgehead atoms. The summed E-state index contributed by atoms with van der Waals surface area (Å²) in [5.74, 6) is 0. The van der Waals surface area contributed by atoms with Crippen LogP contribution in [-0.2, 0) is 6.54 Å². The number of pyridine rings is 1. The second-order valence-electron chi connectivity index (χ2n) is 5.10. The zero-order chi connectivity index (χ0) is 12.0. The highest BCUT2D eigenvalue weighted by Crippen LogP contribution is 2.21. The Bertz CT molecular complexity index is 348. The Kier molecular flexibility index (Phi) is 4.74. The average molecular weight is 222 g/mol. The number of aryl methyl sites for hydroxylation is 1. The van der Waals surface area contributed by atoms with Crippen molar-refractivity contribution in [3.63, 3.8) is 0 Å². The standard InChI is InChI=1S/C13H22N2O/c1-13(2,11-14)7-3-4-8-15-9-5-12(16)6-10-15/h5-6,9-10H,3-4,7-8,11,14H2,1-2H3. The Morgan fingerprint density at radius 1 is 1.25 bits per heavy atom. The smallest absolute Gasteiger partial charge is 0.181 e. The minimum atomic E-state index is 0.0699. The quantitative estimate of drug-likeness (QED) is 0.748. The molecular formula is C13H22N2O. The van der Waals surface area contributed by atoms with Gasteiger partial charge in [0.15, 0.2) is 5.43 Å². The summed E-state index contributed by atoms with van der Waals surface area (Å²) in [5.41, 5.74) is 6.00. The highest BCUT2D eigenvalue weighted by atomic mass is 16.1. The summed E-state index contributed by atoms with van der Waals surface area (Å²) in [6, 6.07) is 3.20. The van der Waals surface area contributed by atoms with Gasteiger partial charge in [0, 0.05) is 31.1 Å². The fourth-order valence-electron chi connectivity index (χ4n) is 1.59. The Morgan fingerprint density at radius 2 is 1.88 bits per heavy atom. The normalized spacial score (nSPS) is 11.7. The summed E-state index contributed by atoms with van der Waals surface area (Å²) >= 11 is 0. The lowest BCUT2D eigenvalue weighted by Gasteiger charge is -2.21. The van der Waals surface area contributed by atoms with Crippen molar-refractivity contribution in [3.05, 3.63) is 34.7 Å². The topological polar surface area (TPSA) is 48.0 Å². The third-order valence-electron chi connectivity index (χ3n) is 2.93. The van der Waals surface area contributed by atoms with E-state index in [1.54, 1.807) is 12.1 Å². The maximum Gasteiger partial charge on any atom is 0.181 e. The van der Waals surface area contributed by atoms with Gasteiger partial charge in [-0.3, -0.25) is 4.79 Å². The van der Waals surface area contributed by atoms with Crippen molar-refractivity contribution in [3.8, 4) is 0 Å². The van der Waals surface area contributed by atoms with Crippen LogP contribution in [0, 0.1) is 5.41 Å². The van der Waals surface area contributed by atoms with Crippen molar-refractivity contribution in [2.45, 2.75) is 39.7 Å². The Hall–Kier alpha value is -1.09. The van der Waals surface area contributed by atoms with E-state index in [0.717, 1.165) is 25.9 Å². The van der Waals surface area contributed by atoms with Crippen LogP contribution in [0.4, 0.5) is 0 Å². The summed E-state index contributed by atoms with van der Waals surface area (Å²) < 4.78 is 2.05. The Balaban J connectivity index is 2.26. The summed E-state index contributed by atoms with van der Waals surface area (Å²) in [4.78, 5) is 10.9. The molecule has 1 rings (SSSR count). The number of nitrogens with two attached hydrogens (primary N) is 1. The van der Waals surface area contributed by atoms with E-state index >= 15 is 0 Å². The fraction of sp³-hybridized carbons (Fsp3) is 0.615. The van der Waals surface area contributed by atoms with Crippen LogP contribution >= 0.6 is 0 Å². The van der Waals surface area contributed by atoms with Crippen LogP contribution in [0.2, 0.25) is 0 Å². The fourth-order valence-corrected chi connectivity index (χ4v) is 1.59. The summed E-state index contributed by atoms with van der Waals surface area (Å²) in [5, 5.41) is 0. The van der Waals surface area contributed by atoms with Gasteiger partial charge in [-0.25, -0.2) is 0 Å². The summed E-state index contributed by atoms with van der Waals surface area (Å²) in [6.07, 6.45) is 7.15. The monoisotopic (exact) mass is 222 g/mol. The van der Waals surface area contributed by atoms with Gasteiger partial charge in [0.05, 0.1) is 0 Å². The van der Waals surface area contributed by atoms with Gasteiger partial charge in [-0.1, -0.05) is 20.3 Å². The minimum absolute atomic E-state index is 0.0699. The first-order valence-corrected chi connectivity index (χ1v) is 5.90. The molecule has 0 aliphatic heterocycles. The molecule has 0 atom stereocenters. The SMILES string of the molecule is CC(C)(CN)CCCCn1ccc(=O)cc1. The van der Waals surface area contributed by atoms with Gasteiger partial charge in [0.2, 0.25) is 0 Å². The molecule has 0 fully saturated rings. The predicted octanol–water partition coefficient (Wildman–Crippen LogP) is 2.00. The number of hydrogen-bond acceptors (Lipinski definition) is 2. The van der Waals surface area contributed by atoms with Crippen molar-refractivity contribution in [2.75, 3.05) is 6.54 Å². The first kappa shape index (κ1) is 13.0. The van der Waals surface area contributed by atoms with E-state index in [0.29, 0.717) is 0 Å². The molecule has 16 heavy (non-hydrogen) atoms. The maximum absolute atomic E-state index is 10.9. The van der Waals surface area contributed by atoms with Crippen LogP contribution in [0.15, 0.2) is 29.3 Å². The lowest BCUT2D eigenvalue weighted by molar-refractivity contribution is 0.329. The lowest BCUT2D eigenvalue weighted by atomic mass is 9.87. The average Bonchev–Trinajstić information content (AvgIpc) is 2.27. The van der Waals surface area contributed by atoms with Gasteiger partial charge in [0.1, 0.15) is 0 Å². The van der Waals surface area contributed by atoms with E-state index in [1.165, 1.54) is 6.42 Å². The van der Waals surface area contributed by atoms with Gasteiger partial charge in [-0.2, -0.15) is 0 Å². The van der Waals surface area contributed by atoms with E-state index in [-0.39, 0.29) is 10.8 Å². The molecule has 0 aliphatic carbocycles. The van der Waals surface area contributed by atoms with Crippen molar-refractivity contribution < 1.29 is 0 Å². The van der Waals surface area contributed by atoms with Crippen molar-refractivity contribution in [2.24, 2.45) is 11.1 Å². The van der Waals surface area contributed by atoms with E-state index in [9.17, 15) is 4.79 Å². The van der Waals surface area contributed by atoms with Crippen LogP contribution in [-0.4, -0.2) is 11.1 Å². The maximum atomic E-state index is 10.9. The molecule has 0 aromatic carbocycles. The molecule has 1 aromatic rings. The van der Waals surface area contributed by atoms with E-state index < -0.39 is 0 Å². The van der Waals surface area contributed by atoms with Gasteiger partial charge in [0.25, 0.3) is 0 Å². The number of aromatic nitrogens is 1. The summed E-state index contributed by atoms with van der Waals surface area (Å²) in [6.45, 7) is 6.12. The molecular weight excluding hydrogens is 200 g/mol. The molecule has 0 saturated heterocycles. The van der Waals surface area contributed by atoms with Crippen LogP contribution in [0.5, 0.6) is 0 Å². The molecule has 0 radical (unpaired) electrons. The van der Waals surface area contributed by atoms with Gasteiger partial charge in [-0.15, -0.1) is 0 Å². The molecule has 2 N–H and O–H groups in total. The third kappa shape index (κ3) is 4.62. The zero-order valence-corrected chi connectivity index (χ0v) is 10.3. The van der Waals surface area contributed by atoms with Crippen LogP contribution in [0.1, 0.15) is 33.1 Å². The second kappa shape index (κ2) is 5.85. The number of hydrogen-bond donors (Lipinski definition) is 1. The van der Waals surface area contributed by atoms with Gasteiger partial charge < -0.3 is 10.3 Å². The van der Waals surface area contributed by atoms with Gasteiger partial charge in [-0.05, 0) is 24.8 Å². The molecule has 0 spiro atoms. The van der Waals surface area contributed by atoms with Gasteiger partial charge >= 0.3 is 0 Å². The highest BCUT2D eigenvalue weighted by Gasteiger charge is 2.14. The van der Waals surface area contributed by atoms with Crippen molar-refractivity contribution >= 4 is 0 Å². The molecule has 0 amide bonds. The molecule has 3 heteroatoms. The number of unbranched alkanes of at least 4 members (excludes halogenated alkanes) is 1. The van der Waals surface area contributed by atoms with E-state index in [2.05, 4.69) is 18.4 Å². The highest BCUT2D eigenvalue weighted by molar-refractivity contribution is 4.93. The largest absolute Gasteiger partial charge is 0.354 e. The second-order valence-corrected chi connectivity index (χ2v) is 5.10. The molecule has 3 nitrogen and oxygen atoms in total. The minimum Gasteiger partial charge on any atom is -0.354 e. The number of nitrogens with zero attached hydrogens (tertiary/aromatic N) is 1. The Morgan fingerprint density at radius 3 is 2.44 bits per heavy atom. The van der Waals surface area contributed by atoms with Crippen LogP contribution < -0.4 is 11.2 Å². The molecule has 1 aromatic heterocycles. The first-order valence-electron chi connectivity index (χ1n) is 5.90.